The lowest BCUT2D eigenvalue weighted by Crippen LogP contribution is -1.97. The average molecular weight is 411 g/mol. The van der Waals surface area contributed by atoms with Gasteiger partial charge in [-0.05, 0) is 40.2 Å². The van der Waals surface area contributed by atoms with E-state index in [1.807, 2.05) is 18.2 Å². The molecule has 0 spiro atoms. The Bertz CT molecular complexity index is 814. The van der Waals surface area contributed by atoms with Crippen LogP contribution in [0, 0.1) is 0 Å². The van der Waals surface area contributed by atoms with Crippen molar-refractivity contribution in [3.05, 3.63) is 57.0 Å². The van der Waals surface area contributed by atoms with Crippen molar-refractivity contribution in [3.63, 3.8) is 0 Å². The number of carbonyl (C=O) groups is 1. The van der Waals surface area contributed by atoms with Crippen LogP contribution < -0.4 is 4.74 Å². The van der Waals surface area contributed by atoms with Gasteiger partial charge in [0.15, 0.2) is 17.8 Å². The number of rotatable bonds is 4. The maximum Gasteiger partial charge on any atom is 0.185 e. The van der Waals surface area contributed by atoms with E-state index < -0.39 is 0 Å². The van der Waals surface area contributed by atoms with Gasteiger partial charge in [-0.3, -0.25) is 9.78 Å². The largest absolute Gasteiger partial charge is 0.482 e. The maximum absolute atomic E-state index is 10.6. The van der Waals surface area contributed by atoms with Crippen molar-refractivity contribution < 1.29 is 13.9 Å². The molecule has 0 saturated heterocycles. The van der Waals surface area contributed by atoms with Crippen LogP contribution in [0.5, 0.6) is 5.75 Å². The molecule has 0 fully saturated rings. The first-order valence-corrected chi connectivity index (χ1v) is 7.67. The highest BCUT2D eigenvalue weighted by molar-refractivity contribution is 9.11. The van der Waals surface area contributed by atoms with Gasteiger partial charge >= 0.3 is 0 Å². The van der Waals surface area contributed by atoms with E-state index in [0.717, 1.165) is 19.8 Å². The quantitative estimate of drug-likeness (QED) is 0.582. The Morgan fingerprint density at radius 3 is 2.86 bits per heavy atom. The monoisotopic (exact) mass is 409 g/mol. The van der Waals surface area contributed by atoms with Crippen LogP contribution in [-0.2, 0) is 6.61 Å². The summed E-state index contributed by atoms with van der Waals surface area (Å²) in [4.78, 5) is 15.0. The van der Waals surface area contributed by atoms with Crippen LogP contribution in [0.4, 0.5) is 0 Å². The van der Waals surface area contributed by atoms with Crippen molar-refractivity contribution in [2.75, 3.05) is 0 Å². The van der Waals surface area contributed by atoms with Gasteiger partial charge in [0, 0.05) is 16.1 Å². The van der Waals surface area contributed by atoms with Crippen LogP contribution in [-0.4, -0.2) is 11.3 Å². The van der Waals surface area contributed by atoms with Crippen molar-refractivity contribution in [2.45, 2.75) is 6.61 Å². The lowest BCUT2D eigenvalue weighted by atomic mass is 10.2. The number of fused-ring (bicyclic) bond motifs is 1. The zero-order chi connectivity index (χ0) is 14.8. The molecule has 0 aliphatic carbocycles. The number of aldehydes is 1. The fraction of sp³-hybridized carbons (Fsp3) is 0.0667. The molecule has 6 heteroatoms. The molecule has 3 aromatic rings. The molecule has 106 valence electrons. The van der Waals surface area contributed by atoms with Crippen LogP contribution >= 0.6 is 31.9 Å². The molecule has 0 aliphatic rings. The first kappa shape index (κ1) is 14.3. The Labute approximate surface area is 137 Å². The topological polar surface area (TPSA) is 52.3 Å². The summed E-state index contributed by atoms with van der Waals surface area (Å²) < 4.78 is 12.8. The Kier molecular flexibility index (Phi) is 4.07. The molecule has 4 nitrogen and oxygen atoms in total. The number of carbonyl (C=O) groups excluding carboxylic acids is 1. The molecule has 0 saturated carbocycles. The fourth-order valence-electron chi connectivity index (χ4n) is 1.96. The minimum atomic E-state index is 0.222. The zero-order valence-corrected chi connectivity index (χ0v) is 13.8. The van der Waals surface area contributed by atoms with Gasteiger partial charge in [0.25, 0.3) is 0 Å². The molecule has 0 N–H and O–H groups in total. The molecule has 2 aromatic heterocycles. The van der Waals surface area contributed by atoms with Crippen LogP contribution in [0.3, 0.4) is 0 Å². The predicted molar refractivity (Wildman–Crippen MR) is 85.6 cm³/mol. The highest BCUT2D eigenvalue weighted by Gasteiger charge is 2.13. The normalized spacial score (nSPS) is 10.8. The number of pyridine rings is 1. The summed E-state index contributed by atoms with van der Waals surface area (Å²) in [5.41, 5.74) is 0.751. The Morgan fingerprint density at radius 1 is 1.24 bits per heavy atom. The summed E-state index contributed by atoms with van der Waals surface area (Å²) in [6.07, 6.45) is 2.38. The second-order valence-electron chi connectivity index (χ2n) is 4.28. The van der Waals surface area contributed by atoms with Crippen molar-refractivity contribution in [1.29, 1.82) is 0 Å². The minimum absolute atomic E-state index is 0.222. The number of ether oxygens (including phenoxy) is 1. The summed E-state index contributed by atoms with van der Waals surface area (Å²) in [6, 6.07) is 9.07. The SMILES string of the molecule is O=Cc1ccc(COc2c(Br)cc(Br)c3cccnc23)o1. The van der Waals surface area contributed by atoms with Gasteiger partial charge in [-0.15, -0.1) is 0 Å². The zero-order valence-electron chi connectivity index (χ0n) is 10.7. The molecule has 0 unspecified atom stereocenters. The number of hydrogen-bond acceptors (Lipinski definition) is 4. The molecule has 21 heavy (non-hydrogen) atoms. The molecule has 0 radical (unpaired) electrons. The van der Waals surface area contributed by atoms with E-state index in [1.54, 1.807) is 18.3 Å². The van der Waals surface area contributed by atoms with Gasteiger partial charge in [0.1, 0.15) is 17.9 Å². The first-order chi connectivity index (χ1) is 10.2. The second kappa shape index (κ2) is 5.99. The van der Waals surface area contributed by atoms with Gasteiger partial charge in [-0.25, -0.2) is 0 Å². The predicted octanol–water partition coefficient (Wildman–Crippen LogP) is 4.74. The number of furan rings is 1. The summed E-state index contributed by atoms with van der Waals surface area (Å²) in [5.74, 6) is 1.50. The lowest BCUT2D eigenvalue weighted by Gasteiger charge is -2.11. The van der Waals surface area contributed by atoms with Crippen molar-refractivity contribution >= 4 is 49.0 Å². The highest BCUT2D eigenvalue weighted by Crippen LogP contribution is 2.37. The van der Waals surface area contributed by atoms with E-state index in [4.69, 9.17) is 9.15 Å². The summed E-state index contributed by atoms with van der Waals surface area (Å²) in [7, 11) is 0. The van der Waals surface area contributed by atoms with E-state index in [2.05, 4.69) is 36.8 Å². The van der Waals surface area contributed by atoms with Crippen molar-refractivity contribution in [3.8, 4) is 5.75 Å². The molecule has 0 amide bonds. The van der Waals surface area contributed by atoms with Gasteiger partial charge in [0.2, 0.25) is 0 Å². The van der Waals surface area contributed by atoms with Gasteiger partial charge in [0.05, 0.1) is 4.47 Å². The summed E-state index contributed by atoms with van der Waals surface area (Å²) in [6.45, 7) is 0.222. The van der Waals surface area contributed by atoms with Crippen molar-refractivity contribution in [1.82, 2.24) is 4.98 Å². The molecule has 0 atom stereocenters. The standard InChI is InChI=1S/C15H9Br2NO3/c16-12-6-13(17)15(14-11(12)2-1-5-18-14)20-8-10-4-3-9(7-19)21-10/h1-7H,8H2. The van der Waals surface area contributed by atoms with Crippen LogP contribution in [0.2, 0.25) is 0 Å². The molecule has 0 bridgehead atoms. The smallest absolute Gasteiger partial charge is 0.185 e. The minimum Gasteiger partial charge on any atom is -0.482 e. The Balaban J connectivity index is 1.94. The van der Waals surface area contributed by atoms with E-state index in [9.17, 15) is 4.79 Å². The van der Waals surface area contributed by atoms with Gasteiger partial charge in [-0.1, -0.05) is 22.0 Å². The molecular weight excluding hydrogens is 402 g/mol. The van der Waals surface area contributed by atoms with Gasteiger partial charge in [-0.2, -0.15) is 0 Å². The van der Waals surface area contributed by atoms with Crippen LogP contribution in [0.1, 0.15) is 16.3 Å². The fourth-order valence-corrected chi connectivity index (χ4v) is 3.35. The number of halogens is 2. The third-order valence-corrected chi connectivity index (χ3v) is 4.15. The molecule has 3 rings (SSSR count). The third-order valence-electron chi connectivity index (χ3n) is 2.91. The summed E-state index contributed by atoms with van der Waals surface area (Å²) >= 11 is 6.99. The third kappa shape index (κ3) is 2.87. The Hall–Kier alpha value is -1.66. The van der Waals surface area contributed by atoms with E-state index in [-0.39, 0.29) is 12.4 Å². The average Bonchev–Trinajstić information content (AvgIpc) is 2.95. The summed E-state index contributed by atoms with van der Waals surface area (Å²) in [5, 5.41) is 0.962. The van der Waals surface area contributed by atoms with Crippen LogP contribution in [0.25, 0.3) is 10.9 Å². The maximum atomic E-state index is 10.6. The van der Waals surface area contributed by atoms with Crippen molar-refractivity contribution in [2.24, 2.45) is 0 Å². The molecular formula is C15H9Br2NO3. The van der Waals surface area contributed by atoms with E-state index in [0.29, 0.717) is 17.8 Å². The van der Waals surface area contributed by atoms with Gasteiger partial charge < -0.3 is 9.15 Å². The molecule has 2 heterocycles. The van der Waals surface area contributed by atoms with Crippen LogP contribution in [0.15, 0.2) is 49.9 Å². The molecule has 0 aliphatic heterocycles. The van der Waals surface area contributed by atoms with E-state index >= 15 is 0 Å². The first-order valence-electron chi connectivity index (χ1n) is 6.08. The second-order valence-corrected chi connectivity index (χ2v) is 5.99. The molecule has 1 aromatic carbocycles. The van der Waals surface area contributed by atoms with E-state index in [1.165, 1.54) is 0 Å². The highest BCUT2D eigenvalue weighted by atomic mass is 79.9. The number of nitrogens with zero attached hydrogens (tertiary/aromatic N) is 1. The number of aromatic nitrogens is 1. The number of benzene rings is 1. The lowest BCUT2D eigenvalue weighted by molar-refractivity contribution is 0.109. The Morgan fingerprint density at radius 2 is 2.10 bits per heavy atom. The number of hydrogen-bond donors (Lipinski definition) is 0.